The lowest BCUT2D eigenvalue weighted by Gasteiger charge is -2.12. The molecule has 0 saturated carbocycles. The van der Waals surface area contributed by atoms with Gasteiger partial charge in [-0.25, -0.2) is 4.68 Å². The minimum Gasteiger partial charge on any atom is -0.356 e. The van der Waals surface area contributed by atoms with E-state index in [1.165, 1.54) is 16.7 Å². The lowest BCUT2D eigenvalue weighted by Crippen LogP contribution is -2.39. The quantitative estimate of drug-likeness (QED) is 0.304. The smallest absolute Gasteiger partial charge is 0.190 e. The van der Waals surface area contributed by atoms with Gasteiger partial charge in [0.05, 0.1) is 5.69 Å². The van der Waals surface area contributed by atoms with Crippen LogP contribution in [0.5, 0.6) is 0 Å². The highest BCUT2D eigenvalue weighted by Crippen LogP contribution is 2.09. The average Bonchev–Trinajstić information content (AvgIpc) is 3.23. The fourth-order valence-corrected chi connectivity index (χ4v) is 2.88. The van der Waals surface area contributed by atoms with Crippen molar-refractivity contribution in [3.05, 3.63) is 77.9 Å². The summed E-state index contributed by atoms with van der Waals surface area (Å²) in [4.78, 5) is 8.42. The van der Waals surface area contributed by atoms with E-state index in [1.54, 1.807) is 13.2 Å². The zero-order valence-electron chi connectivity index (χ0n) is 16.3. The molecule has 7 heteroatoms. The van der Waals surface area contributed by atoms with E-state index < -0.39 is 0 Å². The maximum absolute atomic E-state index is 4.29. The first kappa shape index (κ1) is 21.9. The van der Waals surface area contributed by atoms with Crippen LogP contribution in [0.4, 0.5) is 0 Å². The van der Waals surface area contributed by atoms with Crippen LogP contribution >= 0.6 is 24.0 Å². The number of guanidine groups is 1. The zero-order valence-corrected chi connectivity index (χ0v) is 18.6. The van der Waals surface area contributed by atoms with Gasteiger partial charge in [-0.2, -0.15) is 5.10 Å². The second-order valence-electron chi connectivity index (χ2n) is 6.35. The Morgan fingerprint density at radius 2 is 1.79 bits per heavy atom. The third-order valence-corrected chi connectivity index (χ3v) is 4.46. The third-order valence-electron chi connectivity index (χ3n) is 4.46. The number of aromatic nitrogens is 3. The summed E-state index contributed by atoms with van der Waals surface area (Å²) in [5.41, 5.74) is 4.88. The normalized spacial score (nSPS) is 11.0. The molecule has 3 aromatic rings. The van der Waals surface area contributed by atoms with E-state index >= 15 is 0 Å². The summed E-state index contributed by atoms with van der Waals surface area (Å²) in [6, 6.07) is 12.5. The molecule has 1 aromatic carbocycles. The maximum atomic E-state index is 4.29. The molecular formula is C21H27IN6. The Hall–Kier alpha value is -2.42. The summed E-state index contributed by atoms with van der Waals surface area (Å²) in [5, 5.41) is 11.0. The number of nitrogens with one attached hydrogen (secondary N) is 2. The summed E-state index contributed by atoms with van der Waals surface area (Å²) < 4.78 is 1.86. The van der Waals surface area contributed by atoms with Gasteiger partial charge in [0, 0.05) is 44.9 Å². The molecule has 6 nitrogen and oxygen atoms in total. The van der Waals surface area contributed by atoms with Crippen molar-refractivity contribution in [2.24, 2.45) is 4.99 Å². The van der Waals surface area contributed by atoms with Crippen molar-refractivity contribution in [2.75, 3.05) is 20.1 Å². The largest absolute Gasteiger partial charge is 0.356 e. The Bertz CT molecular complexity index is 859. The van der Waals surface area contributed by atoms with Crippen molar-refractivity contribution in [3.63, 3.8) is 0 Å². The van der Waals surface area contributed by atoms with Gasteiger partial charge in [-0.3, -0.25) is 9.98 Å². The summed E-state index contributed by atoms with van der Waals surface area (Å²) in [5.74, 6) is 0.829. The second kappa shape index (κ2) is 11.4. The minimum absolute atomic E-state index is 0. The van der Waals surface area contributed by atoms with Gasteiger partial charge in [-0.1, -0.05) is 12.1 Å². The molecule has 0 saturated heterocycles. The topological polar surface area (TPSA) is 67.1 Å². The van der Waals surface area contributed by atoms with Crippen LogP contribution in [0.1, 0.15) is 16.7 Å². The predicted octanol–water partition coefficient (Wildman–Crippen LogP) is 3.14. The fraction of sp³-hybridized carbons (Fsp3) is 0.286. The lowest BCUT2D eigenvalue weighted by atomic mass is 10.1. The Kier molecular flexibility index (Phi) is 8.93. The monoisotopic (exact) mass is 490 g/mol. The third kappa shape index (κ3) is 6.33. The molecule has 2 N–H and O–H groups in total. The van der Waals surface area contributed by atoms with Gasteiger partial charge in [-0.05, 0) is 60.7 Å². The van der Waals surface area contributed by atoms with Crippen LogP contribution in [0.15, 0.2) is 66.2 Å². The predicted molar refractivity (Wildman–Crippen MR) is 125 cm³/mol. The molecule has 3 rings (SSSR count). The molecular weight excluding hydrogens is 463 g/mol. The highest BCUT2D eigenvalue weighted by molar-refractivity contribution is 14.0. The van der Waals surface area contributed by atoms with E-state index in [2.05, 4.69) is 63.0 Å². The second-order valence-corrected chi connectivity index (χ2v) is 6.35. The molecule has 0 amide bonds. The first-order valence-corrected chi connectivity index (χ1v) is 9.19. The van der Waals surface area contributed by atoms with Crippen LogP contribution in [0.3, 0.4) is 0 Å². The van der Waals surface area contributed by atoms with Gasteiger partial charge in [0.2, 0.25) is 0 Å². The van der Waals surface area contributed by atoms with E-state index in [9.17, 15) is 0 Å². The number of aliphatic imine (C=N–C) groups is 1. The number of rotatable bonds is 7. The number of hydrogen-bond donors (Lipinski definition) is 2. The molecule has 28 heavy (non-hydrogen) atoms. The fourth-order valence-electron chi connectivity index (χ4n) is 2.88. The van der Waals surface area contributed by atoms with E-state index in [0.717, 1.165) is 37.6 Å². The Morgan fingerprint density at radius 1 is 1.04 bits per heavy atom. The highest BCUT2D eigenvalue weighted by Gasteiger charge is 2.01. The molecule has 0 atom stereocenters. The molecule has 148 valence electrons. The number of aryl methyl sites for hydroxylation is 1. The Morgan fingerprint density at radius 3 is 2.43 bits per heavy atom. The Balaban J connectivity index is 0.00000280. The molecule has 0 radical (unpaired) electrons. The van der Waals surface area contributed by atoms with Gasteiger partial charge in [-0.15, -0.1) is 24.0 Å². The van der Waals surface area contributed by atoms with Crippen LogP contribution in [0, 0.1) is 6.92 Å². The van der Waals surface area contributed by atoms with E-state index in [-0.39, 0.29) is 24.0 Å². The van der Waals surface area contributed by atoms with Crippen molar-refractivity contribution in [3.8, 4) is 5.69 Å². The van der Waals surface area contributed by atoms with E-state index in [1.807, 2.05) is 29.3 Å². The highest BCUT2D eigenvalue weighted by atomic mass is 127. The summed E-state index contributed by atoms with van der Waals surface area (Å²) >= 11 is 0. The Labute approximate surface area is 183 Å². The first-order valence-electron chi connectivity index (χ1n) is 9.19. The maximum Gasteiger partial charge on any atom is 0.190 e. The molecule has 2 aromatic heterocycles. The number of nitrogens with zero attached hydrogens (tertiary/aromatic N) is 4. The van der Waals surface area contributed by atoms with Gasteiger partial charge < -0.3 is 10.6 Å². The van der Waals surface area contributed by atoms with Gasteiger partial charge in [0.25, 0.3) is 0 Å². The van der Waals surface area contributed by atoms with Crippen LogP contribution in [-0.4, -0.2) is 40.9 Å². The van der Waals surface area contributed by atoms with Crippen LogP contribution < -0.4 is 10.6 Å². The minimum atomic E-state index is 0. The number of pyridine rings is 1. The zero-order chi connectivity index (χ0) is 18.9. The summed E-state index contributed by atoms with van der Waals surface area (Å²) in [6.07, 6.45) is 9.35. The summed E-state index contributed by atoms with van der Waals surface area (Å²) in [6.45, 7) is 3.76. The van der Waals surface area contributed by atoms with Gasteiger partial charge in [0.1, 0.15) is 0 Å². The lowest BCUT2D eigenvalue weighted by molar-refractivity contribution is 0.781. The molecule has 0 unspecified atom stereocenters. The number of halogens is 1. The molecule has 0 aliphatic rings. The van der Waals surface area contributed by atoms with E-state index in [0.29, 0.717) is 0 Å². The summed E-state index contributed by atoms with van der Waals surface area (Å²) in [7, 11) is 1.80. The molecule has 0 spiro atoms. The first-order chi connectivity index (χ1) is 13.3. The van der Waals surface area contributed by atoms with Gasteiger partial charge in [0.15, 0.2) is 5.96 Å². The van der Waals surface area contributed by atoms with Crippen molar-refractivity contribution >= 4 is 29.9 Å². The molecule has 0 bridgehead atoms. The van der Waals surface area contributed by atoms with Crippen LogP contribution in [0.25, 0.3) is 5.69 Å². The number of hydrogen-bond acceptors (Lipinski definition) is 3. The van der Waals surface area contributed by atoms with Crippen LogP contribution in [0.2, 0.25) is 0 Å². The van der Waals surface area contributed by atoms with Crippen molar-refractivity contribution < 1.29 is 0 Å². The van der Waals surface area contributed by atoms with E-state index in [4.69, 9.17) is 0 Å². The van der Waals surface area contributed by atoms with Crippen molar-refractivity contribution in [1.29, 1.82) is 0 Å². The van der Waals surface area contributed by atoms with Gasteiger partial charge >= 0.3 is 0 Å². The van der Waals surface area contributed by atoms with Crippen molar-refractivity contribution in [1.82, 2.24) is 25.4 Å². The van der Waals surface area contributed by atoms with Crippen molar-refractivity contribution in [2.45, 2.75) is 19.8 Å². The SMILES string of the molecule is CN=C(NCCc1ccc(-n2cccn2)cc1)NCCc1ccncc1C.I. The number of benzene rings is 1. The standard InChI is InChI=1S/C21H26N6.HI/c1-17-16-23-12-9-19(17)10-14-25-21(22-2)24-13-8-18-4-6-20(7-5-18)27-15-3-11-26-27;/h3-7,9,11-12,15-16H,8,10,13-14H2,1-2H3,(H2,22,24,25);1H. The average molecular weight is 490 g/mol. The van der Waals surface area contributed by atoms with Crippen LogP contribution in [-0.2, 0) is 12.8 Å². The molecule has 0 aliphatic carbocycles. The molecule has 2 heterocycles. The molecule has 0 fully saturated rings. The molecule has 0 aliphatic heterocycles.